The number of benzene rings is 1. The number of aromatic nitrogens is 4. The van der Waals surface area contributed by atoms with Crippen LogP contribution in [0.1, 0.15) is 42.9 Å². The van der Waals surface area contributed by atoms with Crippen molar-refractivity contribution in [2.24, 2.45) is 0 Å². The van der Waals surface area contributed by atoms with Gasteiger partial charge in [0.25, 0.3) is 5.89 Å². The standard InChI is InChI=1S/C17H19N5O3/c23-16(8-7-14-19-11-4-1-2-5-12(11)20-14)18-10-15-21-17(25-22-15)13-6-3-9-24-13/h1-2,4-5,13H,3,6-10H2,(H,18,23)(H,19,20). The van der Waals surface area contributed by atoms with E-state index >= 15 is 0 Å². The largest absolute Gasteiger partial charge is 0.368 e. The third kappa shape index (κ3) is 3.69. The molecule has 0 radical (unpaired) electrons. The van der Waals surface area contributed by atoms with E-state index < -0.39 is 0 Å². The summed E-state index contributed by atoms with van der Waals surface area (Å²) in [7, 11) is 0. The Morgan fingerprint density at radius 2 is 2.24 bits per heavy atom. The van der Waals surface area contributed by atoms with E-state index in [-0.39, 0.29) is 18.6 Å². The van der Waals surface area contributed by atoms with E-state index in [9.17, 15) is 4.79 Å². The van der Waals surface area contributed by atoms with Gasteiger partial charge in [0.2, 0.25) is 5.91 Å². The lowest BCUT2D eigenvalue weighted by Gasteiger charge is -2.01. The van der Waals surface area contributed by atoms with Gasteiger partial charge >= 0.3 is 0 Å². The van der Waals surface area contributed by atoms with E-state index in [1.807, 2.05) is 24.3 Å². The maximum Gasteiger partial charge on any atom is 0.255 e. The minimum Gasteiger partial charge on any atom is -0.368 e. The highest BCUT2D eigenvalue weighted by molar-refractivity contribution is 5.77. The number of amides is 1. The van der Waals surface area contributed by atoms with E-state index in [1.165, 1.54) is 0 Å². The Balaban J connectivity index is 1.26. The summed E-state index contributed by atoms with van der Waals surface area (Å²) >= 11 is 0. The number of hydrogen-bond donors (Lipinski definition) is 2. The van der Waals surface area contributed by atoms with Crippen LogP contribution in [0.4, 0.5) is 0 Å². The molecule has 130 valence electrons. The molecule has 25 heavy (non-hydrogen) atoms. The Morgan fingerprint density at radius 1 is 1.32 bits per heavy atom. The number of fused-ring (bicyclic) bond motifs is 1. The van der Waals surface area contributed by atoms with Crippen LogP contribution in [0.2, 0.25) is 0 Å². The number of carbonyl (C=O) groups excluding carboxylic acids is 1. The summed E-state index contributed by atoms with van der Waals surface area (Å²) in [5, 5.41) is 6.68. The first-order valence-corrected chi connectivity index (χ1v) is 8.42. The molecule has 2 N–H and O–H groups in total. The van der Waals surface area contributed by atoms with Crippen LogP contribution in [0, 0.1) is 0 Å². The molecule has 1 unspecified atom stereocenters. The van der Waals surface area contributed by atoms with Crippen molar-refractivity contribution in [3.63, 3.8) is 0 Å². The number of nitrogens with one attached hydrogen (secondary N) is 2. The van der Waals surface area contributed by atoms with Gasteiger partial charge in [-0.3, -0.25) is 4.79 Å². The number of rotatable bonds is 6. The topological polar surface area (TPSA) is 106 Å². The third-order valence-electron chi connectivity index (χ3n) is 4.16. The van der Waals surface area contributed by atoms with Crippen LogP contribution in [0.15, 0.2) is 28.8 Å². The lowest BCUT2D eigenvalue weighted by molar-refractivity contribution is -0.121. The molecule has 1 aliphatic rings. The second-order valence-corrected chi connectivity index (χ2v) is 6.03. The summed E-state index contributed by atoms with van der Waals surface area (Å²) in [6, 6.07) is 7.80. The zero-order valence-corrected chi connectivity index (χ0v) is 13.7. The fourth-order valence-electron chi connectivity index (χ4n) is 2.86. The number of ether oxygens (including phenoxy) is 1. The van der Waals surface area contributed by atoms with Gasteiger partial charge in [-0.2, -0.15) is 4.98 Å². The smallest absolute Gasteiger partial charge is 0.255 e. The highest BCUT2D eigenvalue weighted by atomic mass is 16.5. The molecule has 1 aromatic carbocycles. The Morgan fingerprint density at radius 3 is 3.08 bits per heavy atom. The summed E-state index contributed by atoms with van der Waals surface area (Å²) < 4.78 is 10.7. The molecule has 0 aliphatic carbocycles. The number of H-pyrrole nitrogens is 1. The Kier molecular flexibility index (Phi) is 4.43. The van der Waals surface area contributed by atoms with Gasteiger partial charge in [-0.05, 0) is 25.0 Å². The molecule has 2 aromatic heterocycles. The van der Waals surface area contributed by atoms with Gasteiger partial charge in [0.15, 0.2) is 5.82 Å². The van der Waals surface area contributed by atoms with Crippen molar-refractivity contribution in [1.82, 2.24) is 25.4 Å². The van der Waals surface area contributed by atoms with Gasteiger partial charge < -0.3 is 19.6 Å². The fraction of sp³-hybridized carbons (Fsp3) is 0.412. The monoisotopic (exact) mass is 341 g/mol. The van der Waals surface area contributed by atoms with Gasteiger partial charge in [0.05, 0.1) is 17.6 Å². The second kappa shape index (κ2) is 7.02. The summed E-state index contributed by atoms with van der Waals surface area (Å²) in [4.78, 5) is 24.0. The lowest BCUT2D eigenvalue weighted by Crippen LogP contribution is -2.23. The predicted molar refractivity (Wildman–Crippen MR) is 88.5 cm³/mol. The number of carbonyl (C=O) groups is 1. The first kappa shape index (κ1) is 15.8. The quantitative estimate of drug-likeness (QED) is 0.711. The molecule has 3 heterocycles. The van der Waals surface area contributed by atoms with Crippen molar-refractivity contribution in [2.45, 2.75) is 38.3 Å². The van der Waals surface area contributed by atoms with Crippen LogP contribution in [0.3, 0.4) is 0 Å². The summed E-state index contributed by atoms with van der Waals surface area (Å²) in [6.45, 7) is 0.968. The van der Waals surface area contributed by atoms with Gasteiger partial charge in [0.1, 0.15) is 11.9 Å². The van der Waals surface area contributed by atoms with Crippen LogP contribution in [-0.2, 0) is 22.5 Å². The van der Waals surface area contributed by atoms with Crippen molar-refractivity contribution in [3.05, 3.63) is 41.8 Å². The minimum atomic E-state index is -0.106. The van der Waals surface area contributed by atoms with E-state index in [1.54, 1.807) is 0 Å². The predicted octanol–water partition coefficient (Wildman–Crippen LogP) is 2.05. The average Bonchev–Trinajstić information content (AvgIpc) is 3.37. The van der Waals surface area contributed by atoms with Crippen molar-refractivity contribution in [2.75, 3.05) is 6.61 Å². The Hall–Kier alpha value is -2.74. The van der Waals surface area contributed by atoms with Crippen LogP contribution in [0.25, 0.3) is 11.0 Å². The molecule has 1 fully saturated rings. The highest BCUT2D eigenvalue weighted by Crippen LogP contribution is 2.26. The first-order valence-electron chi connectivity index (χ1n) is 8.42. The maximum atomic E-state index is 12.0. The normalized spacial score (nSPS) is 17.2. The van der Waals surface area contributed by atoms with Crippen molar-refractivity contribution >= 4 is 16.9 Å². The van der Waals surface area contributed by atoms with Crippen molar-refractivity contribution in [1.29, 1.82) is 0 Å². The Labute approximate surface area is 144 Å². The molecule has 1 saturated heterocycles. The molecule has 0 saturated carbocycles. The summed E-state index contributed by atoms with van der Waals surface area (Å²) in [6.07, 6.45) is 2.68. The number of aromatic amines is 1. The fourth-order valence-corrected chi connectivity index (χ4v) is 2.86. The van der Waals surface area contributed by atoms with E-state index in [0.717, 1.165) is 36.3 Å². The molecular weight excluding hydrogens is 322 g/mol. The number of imidazole rings is 1. The number of para-hydroxylation sites is 2. The van der Waals surface area contributed by atoms with Crippen LogP contribution in [0.5, 0.6) is 0 Å². The highest BCUT2D eigenvalue weighted by Gasteiger charge is 2.23. The minimum absolute atomic E-state index is 0.0797. The summed E-state index contributed by atoms with van der Waals surface area (Å²) in [5.74, 6) is 1.67. The molecule has 1 amide bonds. The SMILES string of the molecule is O=C(CCc1nc2ccccc2[nH]1)NCc1noc(C2CCCO2)n1. The zero-order valence-electron chi connectivity index (χ0n) is 13.7. The molecule has 1 aliphatic heterocycles. The van der Waals surface area contributed by atoms with Crippen LogP contribution in [-0.4, -0.2) is 32.6 Å². The zero-order chi connectivity index (χ0) is 17.1. The molecule has 0 bridgehead atoms. The van der Waals surface area contributed by atoms with E-state index in [4.69, 9.17) is 9.26 Å². The maximum absolute atomic E-state index is 12.0. The molecule has 4 rings (SSSR count). The molecular formula is C17H19N5O3. The van der Waals surface area contributed by atoms with Gasteiger partial charge in [-0.25, -0.2) is 4.98 Å². The molecule has 8 nitrogen and oxygen atoms in total. The first-order chi connectivity index (χ1) is 12.3. The average molecular weight is 341 g/mol. The van der Waals surface area contributed by atoms with Crippen molar-refractivity contribution in [3.8, 4) is 0 Å². The molecule has 0 spiro atoms. The van der Waals surface area contributed by atoms with Gasteiger partial charge in [-0.1, -0.05) is 17.3 Å². The van der Waals surface area contributed by atoms with Gasteiger partial charge in [0, 0.05) is 19.4 Å². The van der Waals surface area contributed by atoms with Crippen LogP contribution < -0.4 is 5.32 Å². The molecule has 3 aromatic rings. The second-order valence-electron chi connectivity index (χ2n) is 6.03. The summed E-state index contributed by atoms with van der Waals surface area (Å²) in [5.41, 5.74) is 1.89. The third-order valence-corrected chi connectivity index (χ3v) is 4.16. The van der Waals surface area contributed by atoms with Crippen molar-refractivity contribution < 1.29 is 14.1 Å². The number of nitrogens with zero attached hydrogens (tertiary/aromatic N) is 3. The van der Waals surface area contributed by atoms with E-state index in [2.05, 4.69) is 25.4 Å². The molecule has 1 atom stereocenters. The number of aryl methyl sites for hydroxylation is 1. The number of hydrogen-bond acceptors (Lipinski definition) is 6. The van der Waals surface area contributed by atoms with E-state index in [0.29, 0.717) is 24.6 Å². The van der Waals surface area contributed by atoms with Gasteiger partial charge in [-0.15, -0.1) is 0 Å². The van der Waals surface area contributed by atoms with Crippen LogP contribution >= 0.6 is 0 Å². The Bertz CT molecular complexity index is 833. The molecule has 8 heteroatoms. The lowest BCUT2D eigenvalue weighted by atomic mass is 10.2.